The van der Waals surface area contributed by atoms with E-state index in [1.165, 1.54) is 19.3 Å². The van der Waals surface area contributed by atoms with E-state index in [0.717, 1.165) is 52.1 Å². The number of hydrogen-bond acceptors (Lipinski definition) is 3. The molecular formula is C34H38N4O2. The number of rotatable bonds is 7. The molecule has 0 radical (unpaired) electrons. The average Bonchev–Trinajstić information content (AvgIpc) is 3.52. The van der Waals surface area contributed by atoms with E-state index in [2.05, 4.69) is 53.6 Å². The molecule has 0 spiro atoms. The molecule has 3 aromatic carbocycles. The molecule has 1 aromatic heterocycles. The van der Waals surface area contributed by atoms with Crippen LogP contribution in [-0.2, 0) is 22.7 Å². The standard InChI is InChI=1S/C34H38N4O2/c1-24-17-25(2)19-29(18-24)37-22-27(20-32(37)39)34-35-30-15-9-10-16-31(30)38(34)23-33(40)36(28-13-7-4-8-14-28)21-26-11-5-3-6-12-26/h3,5-6,9-12,15-19,27-28H,4,7-8,13-14,20-23H2,1-2H3. The van der Waals surface area contributed by atoms with E-state index in [1.54, 1.807) is 0 Å². The molecule has 6 rings (SSSR count). The number of carbonyl (C=O) groups is 2. The van der Waals surface area contributed by atoms with Crippen LogP contribution in [0.2, 0.25) is 0 Å². The maximum Gasteiger partial charge on any atom is 0.243 e. The number of aromatic nitrogens is 2. The van der Waals surface area contributed by atoms with Crippen molar-refractivity contribution >= 4 is 28.5 Å². The summed E-state index contributed by atoms with van der Waals surface area (Å²) in [5, 5.41) is 0. The predicted molar refractivity (Wildman–Crippen MR) is 159 cm³/mol. The molecule has 2 heterocycles. The van der Waals surface area contributed by atoms with Crippen molar-refractivity contribution in [1.29, 1.82) is 0 Å². The summed E-state index contributed by atoms with van der Waals surface area (Å²) in [6.07, 6.45) is 6.08. The molecule has 1 saturated heterocycles. The predicted octanol–water partition coefficient (Wildman–Crippen LogP) is 6.54. The average molecular weight is 535 g/mol. The van der Waals surface area contributed by atoms with Gasteiger partial charge in [0.25, 0.3) is 0 Å². The Morgan fingerprint density at radius 1 is 0.925 bits per heavy atom. The maximum atomic E-state index is 14.2. The topological polar surface area (TPSA) is 58.4 Å². The fraction of sp³-hybridized carbons (Fsp3) is 0.382. The Hall–Kier alpha value is -3.93. The Labute approximate surface area is 236 Å². The minimum atomic E-state index is -0.0780. The Bertz CT molecular complexity index is 1500. The second kappa shape index (κ2) is 11.3. The molecule has 2 aliphatic rings. The van der Waals surface area contributed by atoms with Crippen molar-refractivity contribution in [3.8, 4) is 0 Å². The highest BCUT2D eigenvalue weighted by Crippen LogP contribution is 2.34. The highest BCUT2D eigenvalue weighted by Gasteiger charge is 2.36. The highest BCUT2D eigenvalue weighted by atomic mass is 16.2. The van der Waals surface area contributed by atoms with E-state index in [1.807, 2.05) is 47.4 Å². The number of anilines is 1. The first-order chi connectivity index (χ1) is 19.5. The molecule has 40 heavy (non-hydrogen) atoms. The van der Waals surface area contributed by atoms with Crippen molar-refractivity contribution in [2.24, 2.45) is 0 Å². The van der Waals surface area contributed by atoms with E-state index in [9.17, 15) is 9.59 Å². The summed E-state index contributed by atoms with van der Waals surface area (Å²) >= 11 is 0. The van der Waals surface area contributed by atoms with Crippen LogP contribution in [0.15, 0.2) is 72.8 Å². The second-order valence-electron chi connectivity index (χ2n) is 11.6. The molecular weight excluding hydrogens is 496 g/mol. The van der Waals surface area contributed by atoms with Gasteiger partial charge in [-0.3, -0.25) is 9.59 Å². The molecule has 0 bridgehead atoms. The second-order valence-corrected chi connectivity index (χ2v) is 11.6. The van der Waals surface area contributed by atoms with Crippen LogP contribution in [0.1, 0.15) is 67.0 Å². The van der Waals surface area contributed by atoms with Crippen LogP contribution in [0.3, 0.4) is 0 Å². The van der Waals surface area contributed by atoms with Gasteiger partial charge in [0, 0.05) is 37.2 Å². The number of amides is 2. The van der Waals surface area contributed by atoms with E-state index in [4.69, 9.17) is 4.98 Å². The van der Waals surface area contributed by atoms with Crippen molar-refractivity contribution in [2.75, 3.05) is 11.4 Å². The molecule has 6 nitrogen and oxygen atoms in total. The van der Waals surface area contributed by atoms with Gasteiger partial charge in [-0.1, -0.05) is 67.8 Å². The van der Waals surface area contributed by atoms with Crippen LogP contribution in [0, 0.1) is 13.8 Å². The van der Waals surface area contributed by atoms with Gasteiger partial charge in [-0.25, -0.2) is 4.98 Å². The van der Waals surface area contributed by atoms with Gasteiger partial charge in [-0.2, -0.15) is 0 Å². The summed E-state index contributed by atoms with van der Waals surface area (Å²) < 4.78 is 2.08. The maximum absolute atomic E-state index is 14.2. The van der Waals surface area contributed by atoms with Crippen molar-refractivity contribution in [3.63, 3.8) is 0 Å². The number of imidazole rings is 1. The minimum Gasteiger partial charge on any atom is -0.334 e. The largest absolute Gasteiger partial charge is 0.334 e. The molecule has 1 aliphatic heterocycles. The molecule has 2 fully saturated rings. The molecule has 1 aliphatic carbocycles. The number of hydrogen-bond donors (Lipinski definition) is 0. The van der Waals surface area contributed by atoms with E-state index in [0.29, 0.717) is 19.5 Å². The highest BCUT2D eigenvalue weighted by molar-refractivity contribution is 5.96. The summed E-state index contributed by atoms with van der Waals surface area (Å²) in [6.45, 7) is 5.54. The van der Waals surface area contributed by atoms with Gasteiger partial charge in [-0.05, 0) is 67.6 Å². The molecule has 4 aromatic rings. The molecule has 1 atom stereocenters. The molecule has 6 heteroatoms. The van der Waals surface area contributed by atoms with Crippen LogP contribution in [-0.4, -0.2) is 38.9 Å². The van der Waals surface area contributed by atoms with Gasteiger partial charge in [0.2, 0.25) is 11.8 Å². The third-order valence-corrected chi connectivity index (χ3v) is 8.52. The smallest absolute Gasteiger partial charge is 0.243 e. The lowest BCUT2D eigenvalue weighted by atomic mass is 9.93. The summed E-state index contributed by atoms with van der Waals surface area (Å²) in [5.74, 6) is 0.979. The van der Waals surface area contributed by atoms with E-state index < -0.39 is 0 Å². The number of carbonyl (C=O) groups excluding carboxylic acids is 2. The van der Waals surface area contributed by atoms with Gasteiger partial charge < -0.3 is 14.4 Å². The lowest BCUT2D eigenvalue weighted by molar-refractivity contribution is -0.135. The van der Waals surface area contributed by atoms with Crippen LogP contribution in [0.5, 0.6) is 0 Å². The molecule has 1 unspecified atom stereocenters. The zero-order valence-electron chi connectivity index (χ0n) is 23.6. The van der Waals surface area contributed by atoms with Crippen molar-refractivity contribution < 1.29 is 9.59 Å². The fourth-order valence-corrected chi connectivity index (χ4v) is 6.63. The number of fused-ring (bicyclic) bond motifs is 1. The Morgan fingerprint density at radius 2 is 1.62 bits per heavy atom. The van der Waals surface area contributed by atoms with E-state index >= 15 is 0 Å². The Morgan fingerprint density at radius 3 is 2.38 bits per heavy atom. The first kappa shape index (κ1) is 26.3. The van der Waals surface area contributed by atoms with Crippen LogP contribution in [0.4, 0.5) is 5.69 Å². The summed E-state index contributed by atoms with van der Waals surface area (Å²) in [7, 11) is 0. The number of benzene rings is 3. The minimum absolute atomic E-state index is 0.0780. The third-order valence-electron chi connectivity index (χ3n) is 8.52. The Kier molecular flexibility index (Phi) is 7.42. The van der Waals surface area contributed by atoms with Crippen molar-refractivity contribution in [2.45, 2.75) is 77.4 Å². The normalized spacial score (nSPS) is 18.0. The van der Waals surface area contributed by atoms with Crippen LogP contribution >= 0.6 is 0 Å². The van der Waals surface area contributed by atoms with Crippen molar-refractivity contribution in [3.05, 3.63) is 95.3 Å². The number of para-hydroxylation sites is 2. The molecule has 2 amide bonds. The van der Waals surface area contributed by atoms with Gasteiger partial charge in [0.1, 0.15) is 12.4 Å². The van der Waals surface area contributed by atoms with E-state index in [-0.39, 0.29) is 30.3 Å². The SMILES string of the molecule is Cc1cc(C)cc(N2CC(c3nc4ccccc4n3CC(=O)N(Cc3ccccc3)C3CCCCC3)CC2=O)c1. The summed E-state index contributed by atoms with van der Waals surface area (Å²) in [6, 6.07) is 24.9. The van der Waals surface area contributed by atoms with Crippen LogP contribution < -0.4 is 4.90 Å². The lowest BCUT2D eigenvalue weighted by Gasteiger charge is -2.35. The third kappa shape index (κ3) is 5.40. The monoisotopic (exact) mass is 534 g/mol. The molecule has 1 saturated carbocycles. The first-order valence-corrected chi connectivity index (χ1v) is 14.6. The number of nitrogens with zero attached hydrogens (tertiary/aromatic N) is 4. The van der Waals surface area contributed by atoms with Gasteiger partial charge in [0.15, 0.2) is 0 Å². The summed E-state index contributed by atoms with van der Waals surface area (Å²) in [5.41, 5.74) is 6.20. The lowest BCUT2D eigenvalue weighted by Crippen LogP contribution is -2.42. The zero-order chi connectivity index (χ0) is 27.6. The molecule has 0 N–H and O–H groups in total. The number of aryl methyl sites for hydroxylation is 2. The fourth-order valence-electron chi connectivity index (χ4n) is 6.63. The summed E-state index contributed by atoms with van der Waals surface area (Å²) in [4.78, 5) is 36.4. The Balaban J connectivity index is 1.32. The first-order valence-electron chi connectivity index (χ1n) is 14.6. The zero-order valence-corrected chi connectivity index (χ0v) is 23.6. The quantitative estimate of drug-likeness (QED) is 0.271. The van der Waals surface area contributed by atoms with Crippen molar-refractivity contribution in [1.82, 2.24) is 14.5 Å². The van der Waals surface area contributed by atoms with Gasteiger partial charge >= 0.3 is 0 Å². The van der Waals surface area contributed by atoms with Gasteiger partial charge in [-0.15, -0.1) is 0 Å². The van der Waals surface area contributed by atoms with Gasteiger partial charge in [0.05, 0.1) is 11.0 Å². The van der Waals surface area contributed by atoms with Crippen LogP contribution in [0.25, 0.3) is 11.0 Å². The molecule has 206 valence electrons.